The molecule has 2 aromatic rings. The fourth-order valence-corrected chi connectivity index (χ4v) is 1.54. The molecule has 0 fully saturated rings. The van der Waals surface area contributed by atoms with Gasteiger partial charge in [0.1, 0.15) is 11.6 Å². The van der Waals surface area contributed by atoms with Crippen LogP contribution in [0, 0.1) is 18.6 Å². The predicted molar refractivity (Wildman–Crippen MR) is 61.6 cm³/mol. The zero-order chi connectivity index (χ0) is 12.4. The van der Waals surface area contributed by atoms with Gasteiger partial charge in [0.25, 0.3) is 0 Å². The molecular weight excluding hydrogens is 224 g/mol. The van der Waals surface area contributed by atoms with Crippen molar-refractivity contribution in [3.63, 3.8) is 0 Å². The number of halogens is 2. The molecule has 0 bridgehead atoms. The summed E-state index contributed by atoms with van der Waals surface area (Å²) >= 11 is 0. The smallest absolute Gasteiger partial charge is 0.146 e. The average Bonchev–Trinajstić information content (AvgIpc) is 2.68. The maximum Gasteiger partial charge on any atom is 0.146 e. The van der Waals surface area contributed by atoms with Crippen molar-refractivity contribution in [3.8, 4) is 0 Å². The fraction of sp³-hybridized carbons (Fsp3) is 0.250. The molecule has 17 heavy (non-hydrogen) atoms. The lowest BCUT2D eigenvalue weighted by atomic mass is 10.2. The Labute approximate surface area is 98.1 Å². The number of rotatable bonds is 3. The lowest BCUT2D eigenvalue weighted by Gasteiger charge is -2.07. The van der Waals surface area contributed by atoms with E-state index in [0.717, 1.165) is 5.56 Å². The maximum absolute atomic E-state index is 13.5. The highest BCUT2D eigenvalue weighted by Gasteiger charge is 2.07. The lowest BCUT2D eigenvalue weighted by molar-refractivity contribution is 0.594. The van der Waals surface area contributed by atoms with Crippen LogP contribution >= 0.6 is 0 Å². The second-order valence-electron chi connectivity index (χ2n) is 3.96. The highest BCUT2D eigenvalue weighted by Crippen LogP contribution is 2.19. The monoisotopic (exact) mass is 237 g/mol. The number of nitrogens with one attached hydrogen (secondary N) is 1. The first-order valence-electron chi connectivity index (χ1n) is 5.23. The van der Waals surface area contributed by atoms with Gasteiger partial charge in [-0.1, -0.05) is 0 Å². The van der Waals surface area contributed by atoms with E-state index in [1.807, 2.05) is 6.20 Å². The van der Waals surface area contributed by atoms with Crippen LogP contribution in [0.1, 0.15) is 11.1 Å². The molecule has 3 nitrogen and oxygen atoms in total. The molecule has 0 aliphatic heterocycles. The molecule has 1 aromatic heterocycles. The van der Waals surface area contributed by atoms with Crippen LogP contribution in [0.5, 0.6) is 0 Å². The summed E-state index contributed by atoms with van der Waals surface area (Å²) in [5.41, 5.74) is 1.37. The molecule has 1 aromatic carbocycles. The molecule has 0 saturated carbocycles. The summed E-state index contributed by atoms with van der Waals surface area (Å²) in [6.45, 7) is 1.94. The molecule has 90 valence electrons. The minimum absolute atomic E-state index is 0.164. The van der Waals surface area contributed by atoms with Crippen molar-refractivity contribution >= 4 is 5.69 Å². The number of benzene rings is 1. The van der Waals surface area contributed by atoms with E-state index < -0.39 is 11.6 Å². The Balaban J connectivity index is 2.11. The highest BCUT2D eigenvalue weighted by molar-refractivity contribution is 5.47. The van der Waals surface area contributed by atoms with Gasteiger partial charge in [-0.2, -0.15) is 5.10 Å². The number of hydrogen-bond acceptors (Lipinski definition) is 2. The van der Waals surface area contributed by atoms with Gasteiger partial charge in [0, 0.05) is 31.4 Å². The van der Waals surface area contributed by atoms with Crippen LogP contribution < -0.4 is 5.32 Å². The van der Waals surface area contributed by atoms with Crippen molar-refractivity contribution in [2.24, 2.45) is 7.05 Å². The summed E-state index contributed by atoms with van der Waals surface area (Å²) in [4.78, 5) is 0. The fourth-order valence-electron chi connectivity index (χ4n) is 1.54. The van der Waals surface area contributed by atoms with Gasteiger partial charge < -0.3 is 5.32 Å². The zero-order valence-electron chi connectivity index (χ0n) is 9.67. The van der Waals surface area contributed by atoms with E-state index in [2.05, 4.69) is 10.4 Å². The first-order valence-corrected chi connectivity index (χ1v) is 5.23. The minimum atomic E-state index is -0.451. The Hall–Kier alpha value is -1.91. The van der Waals surface area contributed by atoms with E-state index in [4.69, 9.17) is 0 Å². The molecular formula is C12H13F2N3. The van der Waals surface area contributed by atoms with Gasteiger partial charge in [0.2, 0.25) is 0 Å². The van der Waals surface area contributed by atoms with Gasteiger partial charge >= 0.3 is 0 Å². The van der Waals surface area contributed by atoms with Gasteiger partial charge in [-0.05, 0) is 18.6 Å². The van der Waals surface area contributed by atoms with E-state index in [-0.39, 0.29) is 5.69 Å². The molecule has 5 heteroatoms. The Kier molecular flexibility index (Phi) is 3.08. The second-order valence-corrected chi connectivity index (χ2v) is 3.96. The quantitative estimate of drug-likeness (QED) is 0.889. The van der Waals surface area contributed by atoms with Crippen molar-refractivity contribution in [1.82, 2.24) is 9.78 Å². The standard InChI is InChI=1S/C12H13F2N3/c1-8-3-11(14)12(4-10(8)13)15-5-9-6-16-17(2)7-9/h3-4,6-7,15H,5H2,1-2H3. The molecule has 0 aliphatic rings. The van der Waals surface area contributed by atoms with Crippen LogP contribution in [0.15, 0.2) is 24.5 Å². The zero-order valence-corrected chi connectivity index (χ0v) is 9.67. The molecule has 1 N–H and O–H groups in total. The SMILES string of the molecule is Cc1cc(F)c(NCc2cnn(C)c2)cc1F. The normalized spacial score (nSPS) is 10.6. The molecule has 0 unspecified atom stereocenters. The Morgan fingerprint density at radius 1 is 1.29 bits per heavy atom. The summed E-state index contributed by atoms with van der Waals surface area (Å²) in [5.74, 6) is -0.868. The van der Waals surface area contributed by atoms with Gasteiger partial charge in [0.05, 0.1) is 11.9 Å². The minimum Gasteiger partial charge on any atom is -0.378 e. The van der Waals surface area contributed by atoms with Crippen molar-refractivity contribution in [3.05, 3.63) is 47.3 Å². The molecule has 0 amide bonds. The number of hydrogen-bond donors (Lipinski definition) is 1. The lowest BCUT2D eigenvalue weighted by Crippen LogP contribution is -2.02. The first kappa shape index (κ1) is 11.6. The Morgan fingerprint density at radius 2 is 2.06 bits per heavy atom. The molecule has 0 radical (unpaired) electrons. The highest BCUT2D eigenvalue weighted by atomic mass is 19.1. The van der Waals surface area contributed by atoms with E-state index in [1.54, 1.807) is 17.9 Å². The van der Waals surface area contributed by atoms with Crippen LogP contribution in [-0.2, 0) is 13.6 Å². The van der Waals surface area contributed by atoms with Crippen molar-refractivity contribution in [1.29, 1.82) is 0 Å². The van der Waals surface area contributed by atoms with Crippen LogP contribution in [0.4, 0.5) is 14.5 Å². The summed E-state index contributed by atoms with van der Waals surface area (Å²) < 4.78 is 28.4. The molecule has 1 heterocycles. The van der Waals surface area contributed by atoms with Crippen molar-refractivity contribution in [2.45, 2.75) is 13.5 Å². The summed E-state index contributed by atoms with van der Waals surface area (Å²) in [6.07, 6.45) is 3.49. The average molecular weight is 237 g/mol. The molecule has 0 saturated heterocycles. The summed E-state index contributed by atoms with van der Waals surface area (Å²) in [7, 11) is 1.80. The first-order chi connectivity index (χ1) is 8.06. The van der Waals surface area contributed by atoms with Gasteiger partial charge in [-0.3, -0.25) is 4.68 Å². The van der Waals surface area contributed by atoms with E-state index in [0.29, 0.717) is 12.1 Å². The van der Waals surface area contributed by atoms with Gasteiger partial charge in [-0.15, -0.1) is 0 Å². The third-order valence-electron chi connectivity index (χ3n) is 2.49. The Bertz CT molecular complexity index is 535. The topological polar surface area (TPSA) is 29.9 Å². The van der Waals surface area contributed by atoms with E-state index in [1.165, 1.54) is 19.1 Å². The largest absolute Gasteiger partial charge is 0.378 e. The Morgan fingerprint density at radius 3 is 2.71 bits per heavy atom. The van der Waals surface area contributed by atoms with Crippen molar-refractivity contribution in [2.75, 3.05) is 5.32 Å². The van der Waals surface area contributed by atoms with E-state index >= 15 is 0 Å². The molecule has 0 spiro atoms. The third-order valence-corrected chi connectivity index (χ3v) is 2.49. The molecule has 2 rings (SSSR count). The number of aryl methyl sites for hydroxylation is 2. The number of anilines is 1. The summed E-state index contributed by atoms with van der Waals surface area (Å²) in [5, 5.41) is 6.83. The molecule has 0 aliphatic carbocycles. The second kappa shape index (κ2) is 4.53. The van der Waals surface area contributed by atoms with Crippen LogP contribution in [0.25, 0.3) is 0 Å². The van der Waals surface area contributed by atoms with E-state index in [9.17, 15) is 8.78 Å². The number of nitrogens with zero attached hydrogens (tertiary/aromatic N) is 2. The van der Waals surface area contributed by atoms with Crippen molar-refractivity contribution < 1.29 is 8.78 Å². The number of aromatic nitrogens is 2. The van der Waals surface area contributed by atoms with Crippen LogP contribution in [-0.4, -0.2) is 9.78 Å². The van der Waals surface area contributed by atoms with Crippen LogP contribution in [0.2, 0.25) is 0 Å². The van der Waals surface area contributed by atoms with Crippen LogP contribution in [0.3, 0.4) is 0 Å². The van der Waals surface area contributed by atoms with Gasteiger partial charge in [0.15, 0.2) is 0 Å². The maximum atomic E-state index is 13.5. The van der Waals surface area contributed by atoms with Gasteiger partial charge in [-0.25, -0.2) is 8.78 Å². The summed E-state index contributed by atoms with van der Waals surface area (Å²) in [6, 6.07) is 2.35. The predicted octanol–water partition coefficient (Wildman–Crippen LogP) is 2.62. The molecule has 0 atom stereocenters. The third kappa shape index (κ3) is 2.61.